The molecule has 170 valence electrons. The molecule has 0 amide bonds. The Bertz CT molecular complexity index is 1220. The lowest BCUT2D eigenvalue weighted by molar-refractivity contribution is -0.0429. The van der Waals surface area contributed by atoms with E-state index >= 15 is 0 Å². The van der Waals surface area contributed by atoms with E-state index in [1.54, 1.807) is 41.1 Å². The third-order valence-electron chi connectivity index (χ3n) is 4.65. The molecule has 0 atom stereocenters. The first kappa shape index (κ1) is 23.7. The normalized spacial score (nSPS) is 12.0. The number of nitrogens with one attached hydrogen (secondary N) is 1. The zero-order valence-corrected chi connectivity index (χ0v) is 18.4. The molecular weight excluding hydrogens is 465 g/mol. The lowest BCUT2D eigenvalue weighted by atomic mass is 9.97. The Labute approximate surface area is 186 Å². The summed E-state index contributed by atoms with van der Waals surface area (Å²) < 4.78 is 68.5. The van der Waals surface area contributed by atoms with Crippen molar-refractivity contribution in [1.82, 2.24) is 4.37 Å². The van der Waals surface area contributed by atoms with Gasteiger partial charge in [-0.25, -0.2) is 4.79 Å². The predicted molar refractivity (Wildman–Crippen MR) is 116 cm³/mol. The fourth-order valence-corrected chi connectivity index (χ4v) is 4.54. The number of hydrogen-bond donors (Lipinski definition) is 2. The van der Waals surface area contributed by atoms with Gasteiger partial charge in [0.2, 0.25) is 0 Å². The van der Waals surface area contributed by atoms with E-state index in [1.165, 1.54) is 12.1 Å². The summed E-state index contributed by atoms with van der Waals surface area (Å²) >= 11 is 0.851. The number of benzene rings is 2. The van der Waals surface area contributed by atoms with Gasteiger partial charge in [-0.1, -0.05) is 55.8 Å². The topological polar surface area (TPSA) is 96.4 Å². The number of aromatic nitrogens is 1. The molecule has 3 aromatic rings. The fraction of sp³-hybridized carbons (Fsp3) is 0.238. The van der Waals surface area contributed by atoms with Gasteiger partial charge in [-0.2, -0.15) is 26.0 Å². The first-order valence-electron chi connectivity index (χ1n) is 9.51. The molecule has 0 aliphatic carbocycles. The van der Waals surface area contributed by atoms with E-state index in [0.29, 0.717) is 28.8 Å². The SMILES string of the molecule is CCCc1nsc(C(=O)O)c1Cc1ccc(-c2ccccc2)c(NS(=O)(=O)C(F)(F)F)c1. The van der Waals surface area contributed by atoms with Gasteiger partial charge in [0.25, 0.3) is 0 Å². The molecule has 0 saturated heterocycles. The number of rotatable bonds is 8. The Morgan fingerprint density at radius 1 is 1.16 bits per heavy atom. The number of anilines is 1. The Balaban J connectivity index is 2.09. The molecule has 0 unspecified atom stereocenters. The Hall–Kier alpha value is -2.92. The van der Waals surface area contributed by atoms with Gasteiger partial charge < -0.3 is 5.11 Å². The van der Waals surface area contributed by atoms with Gasteiger partial charge in [-0.15, -0.1) is 0 Å². The van der Waals surface area contributed by atoms with Crippen molar-refractivity contribution >= 4 is 33.2 Å². The molecule has 3 rings (SSSR count). The van der Waals surface area contributed by atoms with Crippen molar-refractivity contribution in [1.29, 1.82) is 0 Å². The van der Waals surface area contributed by atoms with E-state index < -0.39 is 21.5 Å². The van der Waals surface area contributed by atoms with E-state index in [1.807, 2.05) is 6.92 Å². The Morgan fingerprint density at radius 3 is 2.44 bits per heavy atom. The molecule has 0 saturated carbocycles. The van der Waals surface area contributed by atoms with E-state index in [9.17, 15) is 31.5 Å². The third kappa shape index (κ3) is 5.10. The second-order valence-corrected chi connectivity index (χ2v) is 9.41. The average molecular weight is 485 g/mol. The first-order valence-corrected chi connectivity index (χ1v) is 11.8. The number of nitrogens with zero attached hydrogens (tertiary/aromatic N) is 1. The molecule has 0 bridgehead atoms. The van der Waals surface area contributed by atoms with E-state index in [-0.39, 0.29) is 22.5 Å². The summed E-state index contributed by atoms with van der Waals surface area (Å²) in [6, 6.07) is 12.8. The van der Waals surface area contributed by atoms with Gasteiger partial charge in [0.05, 0.1) is 11.4 Å². The number of alkyl halides is 3. The van der Waals surface area contributed by atoms with Crippen molar-refractivity contribution in [2.45, 2.75) is 31.7 Å². The van der Waals surface area contributed by atoms with Gasteiger partial charge in [0.1, 0.15) is 4.88 Å². The Kier molecular flexibility index (Phi) is 6.89. The highest BCUT2D eigenvalue weighted by Crippen LogP contribution is 2.34. The molecular formula is C21H19F3N2O4S2. The molecule has 2 aromatic carbocycles. The highest BCUT2D eigenvalue weighted by atomic mass is 32.2. The van der Waals surface area contributed by atoms with Crippen LogP contribution in [0, 0.1) is 0 Å². The summed E-state index contributed by atoms with van der Waals surface area (Å²) in [5.74, 6) is -1.14. The van der Waals surface area contributed by atoms with Crippen LogP contribution in [-0.4, -0.2) is 29.4 Å². The molecule has 32 heavy (non-hydrogen) atoms. The minimum atomic E-state index is -5.65. The van der Waals surface area contributed by atoms with Crippen LogP contribution in [-0.2, 0) is 22.9 Å². The number of hydrogen-bond acceptors (Lipinski definition) is 5. The molecule has 1 heterocycles. The molecule has 2 N–H and O–H groups in total. The maximum absolute atomic E-state index is 13.0. The minimum Gasteiger partial charge on any atom is -0.477 e. The maximum Gasteiger partial charge on any atom is 0.516 e. The maximum atomic E-state index is 13.0. The molecule has 0 spiro atoms. The van der Waals surface area contributed by atoms with Crippen molar-refractivity contribution in [3.8, 4) is 11.1 Å². The molecule has 0 aliphatic heterocycles. The summed E-state index contributed by atoms with van der Waals surface area (Å²) in [6.07, 6.45) is 1.37. The zero-order valence-electron chi connectivity index (χ0n) is 16.8. The summed E-state index contributed by atoms with van der Waals surface area (Å²) in [5.41, 5.74) is -3.42. The van der Waals surface area contributed by atoms with Gasteiger partial charge >= 0.3 is 21.5 Å². The van der Waals surface area contributed by atoms with E-state index in [0.717, 1.165) is 18.0 Å². The van der Waals surface area contributed by atoms with Crippen LogP contribution < -0.4 is 4.72 Å². The van der Waals surface area contributed by atoms with Crippen molar-refractivity contribution in [3.63, 3.8) is 0 Å². The smallest absolute Gasteiger partial charge is 0.477 e. The first-order chi connectivity index (χ1) is 15.0. The van der Waals surface area contributed by atoms with Crippen molar-refractivity contribution < 1.29 is 31.5 Å². The lowest BCUT2D eigenvalue weighted by Gasteiger charge is -2.16. The minimum absolute atomic E-state index is 0.0537. The lowest BCUT2D eigenvalue weighted by Crippen LogP contribution is -2.30. The number of sulfonamides is 1. The number of aromatic carboxylic acids is 1. The van der Waals surface area contributed by atoms with Crippen LogP contribution in [0.3, 0.4) is 0 Å². The van der Waals surface area contributed by atoms with Crippen LogP contribution >= 0.6 is 11.5 Å². The highest BCUT2D eigenvalue weighted by Gasteiger charge is 2.46. The van der Waals surface area contributed by atoms with Crippen molar-refractivity contribution in [2.24, 2.45) is 0 Å². The highest BCUT2D eigenvalue weighted by molar-refractivity contribution is 7.93. The van der Waals surface area contributed by atoms with Gasteiger partial charge in [-0.05, 0) is 35.1 Å². The molecule has 11 heteroatoms. The quantitative estimate of drug-likeness (QED) is 0.452. The predicted octanol–water partition coefficient (Wildman–Crippen LogP) is 5.31. The number of carbonyl (C=O) groups is 1. The van der Waals surface area contributed by atoms with Crippen LogP contribution in [0.2, 0.25) is 0 Å². The van der Waals surface area contributed by atoms with Gasteiger partial charge in [0.15, 0.2) is 0 Å². The second-order valence-electron chi connectivity index (χ2n) is 6.97. The molecule has 6 nitrogen and oxygen atoms in total. The van der Waals surface area contributed by atoms with Crippen molar-refractivity contribution in [3.05, 3.63) is 70.2 Å². The average Bonchev–Trinajstić information content (AvgIpc) is 3.10. The van der Waals surface area contributed by atoms with Crippen LogP contribution in [0.5, 0.6) is 0 Å². The number of halogens is 3. The van der Waals surface area contributed by atoms with E-state index in [2.05, 4.69) is 4.37 Å². The van der Waals surface area contributed by atoms with Crippen LogP contribution in [0.15, 0.2) is 48.5 Å². The second kappa shape index (κ2) is 9.29. The monoisotopic (exact) mass is 484 g/mol. The fourth-order valence-electron chi connectivity index (χ4n) is 3.19. The summed E-state index contributed by atoms with van der Waals surface area (Å²) in [4.78, 5) is 11.6. The summed E-state index contributed by atoms with van der Waals surface area (Å²) in [6.45, 7) is 1.92. The summed E-state index contributed by atoms with van der Waals surface area (Å²) in [7, 11) is -5.65. The van der Waals surface area contributed by atoms with Gasteiger partial charge in [-0.3, -0.25) is 4.72 Å². The Morgan fingerprint density at radius 2 is 1.84 bits per heavy atom. The van der Waals surface area contributed by atoms with Crippen LogP contribution in [0.4, 0.5) is 18.9 Å². The van der Waals surface area contributed by atoms with Crippen LogP contribution in [0.25, 0.3) is 11.1 Å². The van der Waals surface area contributed by atoms with Crippen LogP contribution in [0.1, 0.15) is 39.8 Å². The molecule has 0 fully saturated rings. The van der Waals surface area contributed by atoms with E-state index in [4.69, 9.17) is 0 Å². The molecule has 1 aromatic heterocycles. The number of carboxylic acid groups (broad SMARTS) is 1. The largest absolute Gasteiger partial charge is 0.516 e. The zero-order chi connectivity index (χ0) is 23.5. The van der Waals surface area contributed by atoms with Crippen molar-refractivity contribution in [2.75, 3.05) is 4.72 Å². The molecule has 0 radical (unpaired) electrons. The number of carboxylic acids is 1. The number of aryl methyl sites for hydroxylation is 1. The standard InChI is InChI=1S/C21H19F3N2O4S2/c1-2-6-17-16(19(20(27)28)31-25-17)11-13-9-10-15(14-7-4-3-5-8-14)18(12-13)26-32(29,30)21(22,23)24/h3-5,7-10,12,26H,2,6,11H2,1H3,(H,27,28). The molecule has 0 aliphatic rings. The van der Waals surface area contributed by atoms with Gasteiger partial charge in [0, 0.05) is 17.5 Å². The summed E-state index contributed by atoms with van der Waals surface area (Å²) in [5, 5.41) is 9.47. The third-order valence-corrected chi connectivity index (χ3v) is 6.66.